The second kappa shape index (κ2) is 2.95. The van der Waals surface area contributed by atoms with E-state index >= 15 is 0 Å². The number of nitrogens with one attached hydrogen (secondary N) is 1. The van der Waals surface area contributed by atoms with Crippen LogP contribution in [0.15, 0.2) is 29.2 Å². The highest BCUT2D eigenvalue weighted by Gasteiger charge is 2.09. The Morgan fingerprint density at radius 2 is 2.19 bits per heavy atom. The molecule has 4 nitrogen and oxygen atoms in total. The van der Waals surface area contributed by atoms with Gasteiger partial charge in [-0.15, -0.1) is 0 Å². The summed E-state index contributed by atoms with van der Waals surface area (Å²) in [5.74, 6) is 0. The summed E-state index contributed by atoms with van der Waals surface area (Å²) in [6.45, 7) is 3.86. The molecule has 80 valence electrons. The zero-order chi connectivity index (χ0) is 11.3. The first-order valence-electron chi connectivity index (χ1n) is 5.14. The molecule has 4 heteroatoms. The zero-order valence-corrected chi connectivity index (χ0v) is 9.11. The Bertz CT molecular complexity index is 752. The highest BCUT2D eigenvalue weighted by Crippen LogP contribution is 2.14. The first-order valence-corrected chi connectivity index (χ1v) is 5.14. The molecule has 0 bridgehead atoms. The van der Waals surface area contributed by atoms with E-state index in [2.05, 4.69) is 9.97 Å². The van der Waals surface area contributed by atoms with Crippen LogP contribution in [-0.4, -0.2) is 14.4 Å². The van der Waals surface area contributed by atoms with Crippen LogP contribution in [0.5, 0.6) is 0 Å². The van der Waals surface area contributed by atoms with Gasteiger partial charge in [0.2, 0.25) is 5.43 Å². The third kappa shape index (κ3) is 1.10. The second-order valence-corrected chi connectivity index (χ2v) is 4.01. The summed E-state index contributed by atoms with van der Waals surface area (Å²) in [4.78, 5) is 19.3. The van der Waals surface area contributed by atoms with Crippen molar-refractivity contribution in [1.82, 2.24) is 14.4 Å². The van der Waals surface area contributed by atoms with E-state index in [1.54, 1.807) is 6.07 Å². The van der Waals surface area contributed by atoms with Crippen molar-refractivity contribution in [3.05, 3.63) is 45.9 Å². The first kappa shape index (κ1) is 9.15. The molecule has 0 unspecified atom stereocenters. The minimum Gasteiger partial charge on any atom is -0.343 e. The maximum atomic E-state index is 11.8. The molecule has 0 radical (unpaired) electrons. The maximum Gasteiger partial charge on any atom is 0.209 e. The van der Waals surface area contributed by atoms with Crippen molar-refractivity contribution in [2.45, 2.75) is 13.8 Å². The molecule has 0 spiro atoms. The maximum absolute atomic E-state index is 11.8. The molecule has 3 rings (SSSR count). The van der Waals surface area contributed by atoms with Crippen LogP contribution >= 0.6 is 0 Å². The highest BCUT2D eigenvalue weighted by molar-refractivity contribution is 5.77. The number of aryl methyl sites for hydroxylation is 2. The molecule has 0 saturated carbocycles. The second-order valence-electron chi connectivity index (χ2n) is 4.01. The average molecular weight is 213 g/mol. The van der Waals surface area contributed by atoms with Crippen molar-refractivity contribution in [3.8, 4) is 0 Å². The van der Waals surface area contributed by atoms with E-state index in [9.17, 15) is 4.79 Å². The predicted molar refractivity (Wildman–Crippen MR) is 62.8 cm³/mol. The van der Waals surface area contributed by atoms with Gasteiger partial charge in [-0.25, -0.2) is 4.98 Å². The van der Waals surface area contributed by atoms with Gasteiger partial charge in [0.1, 0.15) is 11.3 Å². The highest BCUT2D eigenvalue weighted by atomic mass is 16.1. The van der Waals surface area contributed by atoms with Crippen LogP contribution in [0, 0.1) is 13.8 Å². The number of imidazole rings is 1. The molecule has 0 amide bonds. The third-order valence-corrected chi connectivity index (χ3v) is 2.74. The molecule has 16 heavy (non-hydrogen) atoms. The summed E-state index contributed by atoms with van der Waals surface area (Å²) in [5, 5.41) is 0. The molecule has 0 aliphatic rings. The normalized spacial score (nSPS) is 11.4. The van der Waals surface area contributed by atoms with Gasteiger partial charge in [0, 0.05) is 18.0 Å². The molecule has 3 heterocycles. The summed E-state index contributed by atoms with van der Waals surface area (Å²) < 4.78 is 1.92. The molecule has 3 aromatic rings. The zero-order valence-electron chi connectivity index (χ0n) is 9.11. The molecule has 0 aromatic carbocycles. The Morgan fingerprint density at radius 3 is 3.00 bits per heavy atom. The number of aromatic nitrogens is 3. The number of pyridine rings is 2. The molecular weight excluding hydrogens is 202 g/mol. The largest absolute Gasteiger partial charge is 0.343 e. The summed E-state index contributed by atoms with van der Waals surface area (Å²) in [5.41, 5.74) is 3.97. The van der Waals surface area contributed by atoms with Crippen LogP contribution in [0.4, 0.5) is 0 Å². The molecule has 3 aromatic heterocycles. The number of nitrogens with zero attached hydrogens (tertiary/aromatic N) is 2. The molecule has 0 aliphatic carbocycles. The van der Waals surface area contributed by atoms with E-state index < -0.39 is 0 Å². The van der Waals surface area contributed by atoms with E-state index in [1.165, 1.54) is 0 Å². The lowest BCUT2D eigenvalue weighted by Crippen LogP contribution is -2.02. The average Bonchev–Trinajstić information content (AvgIpc) is 2.59. The van der Waals surface area contributed by atoms with Gasteiger partial charge < -0.3 is 4.98 Å². The third-order valence-electron chi connectivity index (χ3n) is 2.74. The van der Waals surface area contributed by atoms with Crippen molar-refractivity contribution in [1.29, 1.82) is 0 Å². The minimum atomic E-state index is -0.0330. The van der Waals surface area contributed by atoms with E-state index in [0.29, 0.717) is 5.52 Å². The Balaban J connectivity index is 2.67. The van der Waals surface area contributed by atoms with Crippen LogP contribution < -0.4 is 5.43 Å². The lowest BCUT2D eigenvalue weighted by atomic mass is 10.3. The van der Waals surface area contributed by atoms with E-state index in [-0.39, 0.29) is 5.43 Å². The Hall–Kier alpha value is -2.10. The number of rotatable bonds is 0. The number of H-pyrrole nitrogens is 1. The summed E-state index contributed by atoms with van der Waals surface area (Å²) in [7, 11) is 0. The van der Waals surface area contributed by atoms with Crippen LogP contribution in [-0.2, 0) is 0 Å². The smallest absolute Gasteiger partial charge is 0.209 e. The van der Waals surface area contributed by atoms with Gasteiger partial charge in [-0.05, 0) is 25.5 Å². The van der Waals surface area contributed by atoms with Crippen molar-refractivity contribution in [2.75, 3.05) is 0 Å². The minimum absolute atomic E-state index is 0.0330. The monoisotopic (exact) mass is 213 g/mol. The topological polar surface area (TPSA) is 50.2 Å². The van der Waals surface area contributed by atoms with Gasteiger partial charge in [-0.1, -0.05) is 6.07 Å². The first-order chi connectivity index (χ1) is 7.66. The van der Waals surface area contributed by atoms with Gasteiger partial charge >= 0.3 is 0 Å². The van der Waals surface area contributed by atoms with E-state index in [1.807, 2.05) is 36.6 Å². The fraction of sp³-hybridized carbons (Fsp3) is 0.167. The van der Waals surface area contributed by atoms with Crippen LogP contribution in [0.25, 0.3) is 16.8 Å². The number of aromatic amines is 1. The Morgan fingerprint density at radius 1 is 1.38 bits per heavy atom. The lowest BCUT2D eigenvalue weighted by Gasteiger charge is -1.98. The van der Waals surface area contributed by atoms with E-state index in [4.69, 9.17) is 0 Å². The molecule has 0 aliphatic heterocycles. The standard InChI is InChI=1S/C12H11N3O/c1-7-4-3-5-15-11(7)14-10-9(16)6-8(2)13-12(10)15/h3-6H,1-2H3,(H,13,16). The fourth-order valence-electron chi connectivity index (χ4n) is 1.98. The number of fused-ring (bicyclic) bond motifs is 3. The van der Waals surface area contributed by atoms with Gasteiger partial charge in [0.15, 0.2) is 5.52 Å². The van der Waals surface area contributed by atoms with E-state index in [0.717, 1.165) is 22.6 Å². The Kier molecular flexibility index (Phi) is 1.68. The molecule has 1 N–H and O–H groups in total. The van der Waals surface area contributed by atoms with Crippen molar-refractivity contribution in [2.24, 2.45) is 0 Å². The fourth-order valence-corrected chi connectivity index (χ4v) is 1.98. The number of hydrogen-bond donors (Lipinski definition) is 1. The van der Waals surface area contributed by atoms with Crippen LogP contribution in [0.3, 0.4) is 0 Å². The summed E-state index contributed by atoms with van der Waals surface area (Å²) in [6.07, 6.45) is 1.91. The predicted octanol–water partition coefficient (Wildman–Crippen LogP) is 1.79. The van der Waals surface area contributed by atoms with Gasteiger partial charge in [-0.3, -0.25) is 9.20 Å². The quantitative estimate of drug-likeness (QED) is 0.619. The lowest BCUT2D eigenvalue weighted by molar-refractivity contribution is 1.14. The summed E-state index contributed by atoms with van der Waals surface area (Å²) in [6, 6.07) is 5.51. The molecule has 0 saturated heterocycles. The van der Waals surface area contributed by atoms with Crippen molar-refractivity contribution < 1.29 is 0 Å². The molecular formula is C12H11N3O. The van der Waals surface area contributed by atoms with Gasteiger partial charge in [0.25, 0.3) is 0 Å². The van der Waals surface area contributed by atoms with Gasteiger partial charge in [0.05, 0.1) is 0 Å². The molecule has 0 fully saturated rings. The van der Waals surface area contributed by atoms with Crippen LogP contribution in [0.2, 0.25) is 0 Å². The van der Waals surface area contributed by atoms with Crippen molar-refractivity contribution in [3.63, 3.8) is 0 Å². The van der Waals surface area contributed by atoms with Crippen molar-refractivity contribution >= 4 is 16.8 Å². The summed E-state index contributed by atoms with van der Waals surface area (Å²) >= 11 is 0. The molecule has 0 atom stereocenters. The van der Waals surface area contributed by atoms with Crippen LogP contribution in [0.1, 0.15) is 11.3 Å². The SMILES string of the molecule is Cc1cc(=O)c2nc3c(C)cccn3c2[nH]1. The Labute approximate surface area is 91.6 Å². The van der Waals surface area contributed by atoms with Gasteiger partial charge in [-0.2, -0.15) is 0 Å². The number of hydrogen-bond acceptors (Lipinski definition) is 2.